The summed E-state index contributed by atoms with van der Waals surface area (Å²) in [6, 6.07) is 17.9. The fourth-order valence-electron chi connectivity index (χ4n) is 3.18. The zero-order valence-corrected chi connectivity index (χ0v) is 26.3. The molecule has 0 bridgehead atoms. The van der Waals surface area contributed by atoms with Crippen molar-refractivity contribution in [3.8, 4) is 11.5 Å². The quantitative estimate of drug-likeness (QED) is 0.133. The van der Waals surface area contributed by atoms with Crippen LogP contribution in [-0.4, -0.2) is 33.0 Å². The molecule has 3 aromatic carbocycles. The number of carbonyl (C=O) groups excluding carboxylic acids is 1. The molecule has 0 aliphatic heterocycles. The van der Waals surface area contributed by atoms with E-state index < -0.39 is 18.0 Å². The van der Waals surface area contributed by atoms with E-state index >= 15 is 0 Å². The van der Waals surface area contributed by atoms with Crippen LogP contribution in [0.5, 0.6) is 11.5 Å². The van der Waals surface area contributed by atoms with Gasteiger partial charge in [-0.1, -0.05) is 30.3 Å². The van der Waals surface area contributed by atoms with Crippen molar-refractivity contribution in [1.82, 2.24) is 0 Å². The number of ketones is 1. The number of halogens is 1. The molecule has 0 saturated carbocycles. The van der Waals surface area contributed by atoms with Crippen molar-refractivity contribution in [3.63, 3.8) is 0 Å². The Balaban J connectivity index is -0.00000135. The summed E-state index contributed by atoms with van der Waals surface area (Å²) in [6.07, 6.45) is 0. The van der Waals surface area contributed by atoms with Crippen LogP contribution in [0.25, 0.3) is 0 Å². The maximum Gasteiger partial charge on any atom is 2.00 e. The summed E-state index contributed by atoms with van der Waals surface area (Å²) in [4.78, 5) is 9.22. The van der Waals surface area contributed by atoms with Gasteiger partial charge in [0.25, 0.3) is 0 Å². The van der Waals surface area contributed by atoms with Gasteiger partial charge in [0, 0.05) is 15.9 Å². The van der Waals surface area contributed by atoms with Crippen LogP contribution in [-0.2, 0) is 35.3 Å². The van der Waals surface area contributed by atoms with Crippen LogP contribution in [0, 0.1) is 21.3 Å². The smallest absolute Gasteiger partial charge is 1.00 e. The van der Waals surface area contributed by atoms with Crippen molar-refractivity contribution in [1.29, 1.82) is 0 Å². The van der Waals surface area contributed by atoms with Crippen molar-refractivity contribution in [3.05, 3.63) is 79.2 Å². The van der Waals surface area contributed by atoms with Gasteiger partial charge in [-0.25, -0.2) is 8.42 Å². The Hall–Kier alpha value is -1.18. The van der Waals surface area contributed by atoms with E-state index in [4.69, 9.17) is 9.47 Å². The standard InChI is InChI=1S/C22H23O5PS.C3H6O.CH3.ClH.Li.Pd/c1-15-9-11-19(17(13-15)26-3)28(20-12-10-16(2)14-18(20)27-4)21-7-5-6-8-22(21)29(23,24)25;1-3(2)4;;;;/h5-14H,1-4H3,(H,23,24,25);1-2H3;1H3;1H;;/q;;-1;;+1;+2/p-2. The van der Waals surface area contributed by atoms with Gasteiger partial charge in [-0.05, 0) is 77.1 Å². The number of aryl methyl sites for hydroxylation is 2. The van der Waals surface area contributed by atoms with Crippen LogP contribution in [0.4, 0.5) is 0 Å². The number of hydrogen-bond acceptors (Lipinski definition) is 6. The molecule has 3 rings (SSSR count). The van der Waals surface area contributed by atoms with Crippen molar-refractivity contribution in [2.24, 2.45) is 0 Å². The summed E-state index contributed by atoms with van der Waals surface area (Å²) >= 11 is 0. The Kier molecular flexibility index (Phi) is 19.8. The molecule has 37 heavy (non-hydrogen) atoms. The summed E-state index contributed by atoms with van der Waals surface area (Å²) in [6.45, 7) is 6.97. The first-order valence-corrected chi connectivity index (χ1v) is 12.9. The van der Waals surface area contributed by atoms with Crippen LogP contribution in [0.2, 0.25) is 0 Å². The van der Waals surface area contributed by atoms with Gasteiger partial charge >= 0.3 is 39.3 Å². The Morgan fingerprint density at radius 1 is 0.811 bits per heavy atom. The normalized spacial score (nSPS) is 9.73. The molecule has 0 aliphatic carbocycles. The van der Waals surface area contributed by atoms with E-state index in [0.29, 0.717) is 16.8 Å². The molecule has 3 aromatic rings. The molecule has 6 nitrogen and oxygen atoms in total. The summed E-state index contributed by atoms with van der Waals surface area (Å²) in [7, 11) is -2.95. The molecule has 0 spiro atoms. The van der Waals surface area contributed by atoms with Gasteiger partial charge < -0.3 is 38.7 Å². The SMILES string of the molecule is CC(C)=O.COc1cc(C)ccc1P(c1ccc(C)cc1OC)c1ccccc1S(=O)(=O)[O-].[CH3-].[Cl-].[Li+].[Pd+2]. The van der Waals surface area contributed by atoms with Crippen LogP contribution in [0.15, 0.2) is 65.6 Å². The molecule has 0 unspecified atom stereocenters. The van der Waals surface area contributed by atoms with Crippen molar-refractivity contribution in [2.75, 3.05) is 14.2 Å². The first-order valence-electron chi connectivity index (χ1n) is 10.1. The van der Waals surface area contributed by atoms with Gasteiger partial charge in [-0.3, -0.25) is 0 Å². The zero-order valence-electron chi connectivity index (χ0n) is 22.3. The summed E-state index contributed by atoms with van der Waals surface area (Å²) in [5.41, 5.74) is 2.03. The second-order valence-corrected chi connectivity index (χ2v) is 11.0. The van der Waals surface area contributed by atoms with Crippen molar-refractivity contribution >= 4 is 39.7 Å². The summed E-state index contributed by atoms with van der Waals surface area (Å²) in [5, 5.41) is 2.07. The van der Waals surface area contributed by atoms with Gasteiger partial charge in [-0.2, -0.15) is 0 Å². The Morgan fingerprint density at radius 3 is 1.54 bits per heavy atom. The molecule has 0 N–H and O–H groups in total. The molecule has 0 heterocycles. The van der Waals surface area contributed by atoms with Gasteiger partial charge in [0.15, 0.2) is 0 Å². The Morgan fingerprint density at radius 2 is 1.19 bits per heavy atom. The molecular formula is C26H31ClLiO6PPdS. The molecule has 0 radical (unpaired) electrons. The predicted molar refractivity (Wildman–Crippen MR) is 138 cm³/mol. The molecule has 0 atom stereocenters. The minimum absolute atomic E-state index is 0. The van der Waals surface area contributed by atoms with Crippen LogP contribution in [0.1, 0.15) is 25.0 Å². The van der Waals surface area contributed by atoms with E-state index in [1.165, 1.54) is 19.9 Å². The molecule has 200 valence electrons. The molecule has 0 aromatic heterocycles. The molecule has 0 saturated heterocycles. The van der Waals surface area contributed by atoms with Crippen molar-refractivity contribution < 1.29 is 78.9 Å². The van der Waals surface area contributed by atoms with Crippen LogP contribution < -0.4 is 56.7 Å². The summed E-state index contributed by atoms with van der Waals surface area (Å²) in [5.74, 6) is 1.44. The van der Waals surface area contributed by atoms with Crippen molar-refractivity contribution in [2.45, 2.75) is 32.6 Å². The van der Waals surface area contributed by atoms with E-state index in [2.05, 4.69) is 0 Å². The molecule has 0 amide bonds. The number of hydrogen-bond donors (Lipinski definition) is 0. The van der Waals surface area contributed by atoms with E-state index in [1.807, 2.05) is 50.2 Å². The molecule has 0 fully saturated rings. The topological polar surface area (TPSA) is 92.7 Å². The third-order valence-corrected chi connectivity index (χ3v) is 8.15. The van der Waals surface area contributed by atoms with Gasteiger partial charge in [0.1, 0.15) is 27.4 Å². The summed E-state index contributed by atoms with van der Waals surface area (Å²) < 4.78 is 47.3. The molecular weight excluding hydrogens is 620 g/mol. The van der Waals surface area contributed by atoms with E-state index in [1.54, 1.807) is 32.4 Å². The Bertz CT molecular complexity index is 1200. The average Bonchev–Trinajstić information content (AvgIpc) is 2.75. The minimum atomic E-state index is -4.67. The van der Waals surface area contributed by atoms with E-state index in [-0.39, 0.29) is 69.8 Å². The first kappa shape index (κ1) is 40.3. The predicted octanol–water partition coefficient (Wildman–Crippen LogP) is -1.97. The number of methoxy groups -OCH3 is 2. The van der Waals surface area contributed by atoms with Gasteiger partial charge in [0.05, 0.1) is 19.1 Å². The monoisotopic (exact) mass is 650 g/mol. The van der Waals surface area contributed by atoms with Crippen LogP contribution >= 0.6 is 7.92 Å². The number of carbonyl (C=O) groups is 1. The maximum atomic E-state index is 12.0. The van der Waals surface area contributed by atoms with E-state index in [0.717, 1.165) is 21.7 Å². The van der Waals surface area contributed by atoms with Crippen LogP contribution in [0.3, 0.4) is 0 Å². The fraction of sp³-hybridized carbons (Fsp3) is 0.231. The van der Waals surface area contributed by atoms with Gasteiger partial charge in [-0.15, -0.1) is 0 Å². The third kappa shape index (κ3) is 11.2. The Labute approximate surface area is 254 Å². The first-order chi connectivity index (χ1) is 15.5. The number of rotatable bonds is 6. The fourth-order valence-corrected chi connectivity index (χ4v) is 6.87. The van der Waals surface area contributed by atoms with E-state index in [9.17, 15) is 17.8 Å². The number of Topliss-reactive ketones (excluding diaryl/α,β-unsaturated/α-hetero) is 1. The second kappa shape index (κ2) is 18.2. The van der Waals surface area contributed by atoms with Gasteiger partial charge in [0.2, 0.25) is 0 Å². The third-order valence-electron chi connectivity index (χ3n) is 4.53. The maximum absolute atomic E-state index is 12.0. The second-order valence-electron chi connectivity index (χ2n) is 7.52. The number of ether oxygens (including phenoxy) is 2. The molecule has 0 aliphatic rings. The number of benzene rings is 3. The molecule has 11 heteroatoms. The zero-order chi connectivity index (χ0) is 24.8. The average molecular weight is 651 g/mol. The minimum Gasteiger partial charge on any atom is -1.00 e. The largest absolute Gasteiger partial charge is 2.00 e.